The molecule has 5 rings (SSSR count). The summed E-state index contributed by atoms with van der Waals surface area (Å²) in [5.41, 5.74) is 4.78. The van der Waals surface area contributed by atoms with E-state index in [1.165, 1.54) is 26.0 Å². The summed E-state index contributed by atoms with van der Waals surface area (Å²) < 4.78 is 62.3. The zero-order chi connectivity index (χ0) is 37.6. The minimum atomic E-state index is -4.46. The minimum absolute atomic E-state index is 0.0405. The molecular formula is C29H42N7O14PS. The van der Waals surface area contributed by atoms with Crippen LogP contribution in [0, 0.1) is 5.41 Å². The largest absolute Gasteiger partial charge is 0.509 e. The lowest BCUT2D eigenvalue weighted by Crippen LogP contribution is -2.41. The van der Waals surface area contributed by atoms with Gasteiger partial charge in [-0.15, -0.1) is 0 Å². The molecule has 2 aliphatic rings. The van der Waals surface area contributed by atoms with Gasteiger partial charge in [-0.25, -0.2) is 29.1 Å². The van der Waals surface area contributed by atoms with E-state index in [4.69, 9.17) is 43.2 Å². The number of aromatic nitrogens is 6. The number of ether oxygens (including phenoxy) is 6. The zero-order valence-electron chi connectivity index (χ0n) is 28.8. The van der Waals surface area contributed by atoms with Crippen LogP contribution in [0.4, 0.5) is 10.6 Å². The molecule has 2 saturated heterocycles. The fourth-order valence-electron chi connectivity index (χ4n) is 5.26. The number of rotatable bonds is 16. The summed E-state index contributed by atoms with van der Waals surface area (Å²) >= 11 is 0.475. The lowest BCUT2D eigenvalue weighted by molar-refractivity contribution is -0.0814. The van der Waals surface area contributed by atoms with Crippen molar-refractivity contribution in [2.45, 2.75) is 70.2 Å². The standard InChI is InChI=1S/C29H42N7O14PS/c1-29(2,3)12-45-28(41)46-15-52-51(42,47-11-18-16(38)9-20(48-18)36-14-33-21-24(30)31-13-32-25(21)36)50-22-17(10-37)49-26(23(22)44-8-7-43-4)35-6-5-19(39)34-27(35)40/h5-6,13-14,16-18,20,22-23,26,37-38H,7-12,15H2,1-4H3,(H2,30,31,32)(H,34,39,40)/t16-,17+,18+,20+,22+,23+,26+,51?/m0/s1. The van der Waals surface area contributed by atoms with Gasteiger partial charge in [0, 0.05) is 37.2 Å². The molecule has 5 N–H and O–H groups in total. The van der Waals surface area contributed by atoms with Crippen LogP contribution >= 0.6 is 18.2 Å². The molecule has 8 atom stereocenters. The van der Waals surface area contributed by atoms with Crippen molar-refractivity contribution in [3.05, 3.63) is 45.8 Å². The van der Waals surface area contributed by atoms with Crippen molar-refractivity contribution in [2.75, 3.05) is 51.8 Å². The van der Waals surface area contributed by atoms with Crippen LogP contribution in [0.25, 0.3) is 11.2 Å². The first-order chi connectivity index (χ1) is 24.7. The number of imidazole rings is 1. The molecular weight excluding hydrogens is 733 g/mol. The third-order valence-electron chi connectivity index (χ3n) is 7.75. The third kappa shape index (κ3) is 9.75. The predicted molar refractivity (Wildman–Crippen MR) is 181 cm³/mol. The van der Waals surface area contributed by atoms with Crippen LogP contribution in [0.3, 0.4) is 0 Å². The predicted octanol–water partition coefficient (Wildman–Crippen LogP) is 0.928. The SMILES string of the molecule is COCCO[C@@H]1[C@H](OP(=O)(OC[C@H]2O[C@@H](n3cnc4c(N)ncnc43)C[C@@H]2O)SCOC(=O)OCC(C)(C)C)[C@@H](CO)O[C@H]1n1ccc(=O)[nH]c1=O. The number of fused-ring (bicyclic) bond motifs is 1. The van der Waals surface area contributed by atoms with E-state index in [9.17, 15) is 29.2 Å². The fraction of sp³-hybridized carbons (Fsp3) is 0.655. The smallest absolute Gasteiger partial charge is 0.434 e. The summed E-state index contributed by atoms with van der Waals surface area (Å²) in [6.07, 6.45) is -5.03. The Hall–Kier alpha value is -3.44. The van der Waals surface area contributed by atoms with Crippen LogP contribution < -0.4 is 17.0 Å². The first-order valence-electron chi connectivity index (χ1n) is 16.0. The fourth-order valence-corrected chi connectivity index (χ4v) is 8.05. The molecule has 2 fully saturated rings. The van der Waals surface area contributed by atoms with Gasteiger partial charge in [0.1, 0.15) is 42.5 Å². The van der Waals surface area contributed by atoms with E-state index < -0.39 is 86.3 Å². The number of carbonyl (C=O) groups excluding carboxylic acids is 1. The van der Waals surface area contributed by atoms with Crippen molar-refractivity contribution in [3.63, 3.8) is 0 Å². The number of methoxy groups -OCH3 is 1. The highest BCUT2D eigenvalue weighted by atomic mass is 32.7. The molecule has 0 amide bonds. The number of nitrogens with one attached hydrogen (secondary N) is 1. The average molecular weight is 776 g/mol. The molecule has 0 aromatic carbocycles. The van der Waals surface area contributed by atoms with Crippen molar-refractivity contribution in [2.24, 2.45) is 5.41 Å². The number of nitrogens with two attached hydrogens (primary N) is 1. The van der Waals surface area contributed by atoms with Gasteiger partial charge in [-0.05, 0) is 5.41 Å². The van der Waals surface area contributed by atoms with Crippen LogP contribution in [0.5, 0.6) is 0 Å². The number of aromatic amines is 1. The lowest BCUT2D eigenvalue weighted by Gasteiger charge is -2.28. The summed E-state index contributed by atoms with van der Waals surface area (Å²) in [4.78, 5) is 51.3. The third-order valence-corrected chi connectivity index (χ3v) is 11.1. The van der Waals surface area contributed by atoms with E-state index >= 15 is 0 Å². The van der Waals surface area contributed by atoms with Gasteiger partial charge in [0.05, 0.1) is 45.5 Å². The van der Waals surface area contributed by atoms with Gasteiger partial charge < -0.3 is 44.4 Å². The molecule has 0 spiro atoms. The van der Waals surface area contributed by atoms with Gasteiger partial charge in [-0.3, -0.25) is 28.0 Å². The Kier molecular flexibility index (Phi) is 13.1. The van der Waals surface area contributed by atoms with Gasteiger partial charge in [-0.2, -0.15) is 0 Å². The van der Waals surface area contributed by atoms with Gasteiger partial charge in [-0.1, -0.05) is 20.8 Å². The number of carbonyl (C=O) groups is 1. The van der Waals surface area contributed by atoms with E-state index in [1.54, 1.807) is 4.57 Å². The lowest BCUT2D eigenvalue weighted by atomic mass is 9.99. The van der Waals surface area contributed by atoms with E-state index in [2.05, 4.69) is 19.9 Å². The van der Waals surface area contributed by atoms with Gasteiger partial charge in [0.25, 0.3) is 5.56 Å². The van der Waals surface area contributed by atoms with Crippen molar-refractivity contribution in [1.29, 1.82) is 0 Å². The quantitative estimate of drug-likeness (QED) is 0.0682. The van der Waals surface area contributed by atoms with Crippen LogP contribution in [-0.2, 0) is 42.0 Å². The number of H-pyrrole nitrogens is 1. The topological polar surface area (TPSA) is 273 Å². The highest BCUT2D eigenvalue weighted by Gasteiger charge is 2.51. The number of nitrogens with zero attached hydrogens (tertiary/aromatic N) is 5. The molecule has 2 aliphatic heterocycles. The second-order valence-corrected chi connectivity index (χ2v) is 16.9. The summed E-state index contributed by atoms with van der Waals surface area (Å²) in [7, 11) is 1.44. The molecule has 52 heavy (non-hydrogen) atoms. The van der Waals surface area contributed by atoms with Gasteiger partial charge in [0.2, 0.25) is 0 Å². The highest BCUT2D eigenvalue weighted by Crippen LogP contribution is 2.63. The molecule has 23 heteroatoms. The maximum absolute atomic E-state index is 14.5. The highest BCUT2D eigenvalue weighted by molar-refractivity contribution is 8.55. The van der Waals surface area contributed by atoms with Crippen LogP contribution in [0.15, 0.2) is 34.5 Å². The van der Waals surface area contributed by atoms with E-state index in [-0.39, 0.29) is 37.5 Å². The molecule has 5 heterocycles. The van der Waals surface area contributed by atoms with E-state index in [1.807, 2.05) is 20.8 Å². The zero-order valence-corrected chi connectivity index (χ0v) is 30.5. The van der Waals surface area contributed by atoms with E-state index in [0.29, 0.717) is 22.5 Å². The molecule has 288 valence electrons. The Balaban J connectivity index is 1.36. The van der Waals surface area contributed by atoms with Crippen molar-refractivity contribution >= 4 is 41.3 Å². The maximum Gasteiger partial charge on any atom is 0.509 e. The Labute approximate surface area is 300 Å². The molecule has 0 aliphatic carbocycles. The average Bonchev–Trinajstić information content (AvgIpc) is 3.78. The van der Waals surface area contributed by atoms with Crippen molar-refractivity contribution in [3.8, 4) is 0 Å². The molecule has 21 nitrogen and oxygen atoms in total. The Morgan fingerprint density at radius 1 is 1.13 bits per heavy atom. The number of anilines is 1. The van der Waals surface area contributed by atoms with Crippen LogP contribution in [-0.4, -0.2) is 122 Å². The summed E-state index contributed by atoms with van der Waals surface area (Å²) in [6.45, 7) is 0.0718. The van der Waals surface area contributed by atoms with Crippen molar-refractivity contribution in [1.82, 2.24) is 29.1 Å². The molecule has 0 saturated carbocycles. The number of hydrogen-bond acceptors (Lipinski definition) is 19. The first kappa shape index (κ1) is 39.8. The Bertz CT molecular complexity index is 1840. The molecule has 3 aromatic rings. The summed E-state index contributed by atoms with van der Waals surface area (Å²) in [5.74, 6) is -0.398. The molecule has 3 aromatic heterocycles. The van der Waals surface area contributed by atoms with Gasteiger partial charge >= 0.3 is 18.6 Å². The Morgan fingerprint density at radius 3 is 2.63 bits per heavy atom. The Morgan fingerprint density at radius 2 is 1.92 bits per heavy atom. The van der Waals surface area contributed by atoms with Crippen molar-refractivity contribution < 1.29 is 57.0 Å². The molecule has 1 unspecified atom stereocenters. The monoisotopic (exact) mass is 775 g/mol. The number of aliphatic hydroxyl groups is 2. The second-order valence-electron chi connectivity index (χ2n) is 12.9. The first-order valence-corrected chi connectivity index (χ1v) is 19.2. The second kappa shape index (κ2) is 17.1. The summed E-state index contributed by atoms with van der Waals surface area (Å²) in [6, 6.07) is 1.09. The summed E-state index contributed by atoms with van der Waals surface area (Å²) in [5, 5.41) is 21.2. The normalized spacial score (nSPS) is 26.1. The molecule has 0 radical (unpaired) electrons. The molecule has 0 bridgehead atoms. The van der Waals surface area contributed by atoms with E-state index in [0.717, 1.165) is 10.6 Å². The minimum Gasteiger partial charge on any atom is -0.434 e. The number of aliphatic hydroxyl groups excluding tert-OH is 2. The number of nitrogen functional groups attached to an aromatic ring is 1. The maximum atomic E-state index is 14.5. The van der Waals surface area contributed by atoms with Crippen LogP contribution in [0.2, 0.25) is 0 Å². The van der Waals surface area contributed by atoms with Gasteiger partial charge in [0.15, 0.2) is 23.6 Å². The number of hydrogen-bond donors (Lipinski definition) is 4. The van der Waals surface area contributed by atoms with Crippen LogP contribution in [0.1, 0.15) is 39.6 Å².